The fraction of sp³-hybridized carbons (Fsp3) is 0.455. The molecule has 0 amide bonds. The summed E-state index contributed by atoms with van der Waals surface area (Å²) < 4.78 is 34.2. The molecule has 1 aromatic rings. The molecule has 17 heavy (non-hydrogen) atoms. The highest BCUT2D eigenvalue weighted by atomic mass is 32.2. The van der Waals surface area contributed by atoms with E-state index in [9.17, 15) is 8.42 Å². The van der Waals surface area contributed by atoms with Crippen LogP contribution < -0.4 is 14.8 Å². The molecule has 1 aromatic carbocycles. The van der Waals surface area contributed by atoms with Crippen LogP contribution >= 0.6 is 0 Å². The SMILES string of the molecule is CNCCS(=O)(=O)c1cc(OC)ccc1OC. The first-order valence-electron chi connectivity index (χ1n) is 5.14. The Hall–Kier alpha value is -1.27. The van der Waals surface area contributed by atoms with Gasteiger partial charge in [0.05, 0.1) is 20.0 Å². The van der Waals surface area contributed by atoms with Crippen molar-refractivity contribution in [1.29, 1.82) is 0 Å². The summed E-state index contributed by atoms with van der Waals surface area (Å²) in [5.41, 5.74) is 0. The number of methoxy groups -OCH3 is 2. The van der Waals surface area contributed by atoms with Gasteiger partial charge in [-0.3, -0.25) is 0 Å². The minimum absolute atomic E-state index is 0.0209. The molecule has 0 saturated heterocycles. The lowest BCUT2D eigenvalue weighted by Crippen LogP contribution is -2.19. The molecule has 1 rings (SSSR count). The van der Waals surface area contributed by atoms with E-state index in [-0.39, 0.29) is 10.6 Å². The number of benzene rings is 1. The van der Waals surface area contributed by atoms with E-state index in [1.807, 2.05) is 0 Å². The van der Waals surface area contributed by atoms with Crippen LogP contribution in [0.5, 0.6) is 11.5 Å². The van der Waals surface area contributed by atoms with Crippen molar-refractivity contribution in [3.05, 3.63) is 18.2 Å². The van der Waals surface area contributed by atoms with Gasteiger partial charge in [0.15, 0.2) is 9.84 Å². The number of hydrogen-bond acceptors (Lipinski definition) is 5. The monoisotopic (exact) mass is 259 g/mol. The third-order valence-corrected chi connectivity index (χ3v) is 4.06. The molecule has 0 heterocycles. The maximum atomic E-state index is 12.1. The van der Waals surface area contributed by atoms with Crippen molar-refractivity contribution >= 4 is 9.84 Å². The van der Waals surface area contributed by atoms with Gasteiger partial charge < -0.3 is 14.8 Å². The zero-order chi connectivity index (χ0) is 12.9. The number of hydrogen-bond donors (Lipinski definition) is 1. The lowest BCUT2D eigenvalue weighted by atomic mass is 10.3. The highest BCUT2D eigenvalue weighted by Gasteiger charge is 2.19. The topological polar surface area (TPSA) is 64.6 Å². The second-order valence-electron chi connectivity index (χ2n) is 3.44. The van der Waals surface area contributed by atoms with Crippen molar-refractivity contribution in [3.63, 3.8) is 0 Å². The minimum atomic E-state index is -3.37. The minimum Gasteiger partial charge on any atom is -0.497 e. The van der Waals surface area contributed by atoms with E-state index < -0.39 is 9.84 Å². The maximum Gasteiger partial charge on any atom is 0.183 e. The molecule has 0 aromatic heterocycles. The molecule has 0 aliphatic rings. The van der Waals surface area contributed by atoms with Gasteiger partial charge in [-0.05, 0) is 19.2 Å². The summed E-state index contributed by atoms with van der Waals surface area (Å²) in [6, 6.07) is 4.73. The van der Waals surface area contributed by atoms with Crippen molar-refractivity contribution in [1.82, 2.24) is 5.32 Å². The molecule has 0 radical (unpaired) electrons. The second-order valence-corrected chi connectivity index (χ2v) is 5.52. The number of ether oxygens (including phenoxy) is 2. The summed E-state index contributed by atoms with van der Waals surface area (Å²) in [6.45, 7) is 0.392. The van der Waals surface area contributed by atoms with E-state index in [4.69, 9.17) is 9.47 Å². The Labute approximate surface area is 102 Å². The van der Waals surface area contributed by atoms with Gasteiger partial charge in [-0.25, -0.2) is 8.42 Å². The lowest BCUT2D eigenvalue weighted by Gasteiger charge is -2.11. The first kappa shape index (κ1) is 13.8. The number of nitrogens with one attached hydrogen (secondary N) is 1. The van der Waals surface area contributed by atoms with Crippen LogP contribution in [0.1, 0.15) is 0 Å². The summed E-state index contributed by atoms with van der Waals surface area (Å²) in [5.74, 6) is 0.850. The Morgan fingerprint density at radius 1 is 1.24 bits per heavy atom. The number of sulfone groups is 1. The zero-order valence-electron chi connectivity index (χ0n) is 10.2. The molecule has 0 bridgehead atoms. The first-order chi connectivity index (χ1) is 8.05. The Bertz CT molecular complexity index is 470. The average Bonchev–Trinajstić information content (AvgIpc) is 2.35. The highest BCUT2D eigenvalue weighted by molar-refractivity contribution is 7.91. The highest BCUT2D eigenvalue weighted by Crippen LogP contribution is 2.28. The first-order valence-corrected chi connectivity index (χ1v) is 6.79. The van der Waals surface area contributed by atoms with Crippen LogP contribution in [0.15, 0.2) is 23.1 Å². The van der Waals surface area contributed by atoms with Gasteiger partial charge >= 0.3 is 0 Å². The van der Waals surface area contributed by atoms with Gasteiger partial charge in [-0.1, -0.05) is 0 Å². The molecule has 96 valence electrons. The van der Waals surface area contributed by atoms with Crippen LogP contribution in [0.2, 0.25) is 0 Å². The Morgan fingerprint density at radius 2 is 1.94 bits per heavy atom. The van der Waals surface area contributed by atoms with E-state index in [0.29, 0.717) is 18.0 Å². The second kappa shape index (κ2) is 5.88. The quantitative estimate of drug-likeness (QED) is 0.814. The molecule has 0 spiro atoms. The van der Waals surface area contributed by atoms with Crippen molar-refractivity contribution in [2.45, 2.75) is 4.90 Å². The van der Waals surface area contributed by atoms with Crippen LogP contribution in [-0.2, 0) is 9.84 Å². The molecule has 0 aliphatic heterocycles. The summed E-state index contributed by atoms with van der Waals surface area (Å²) in [4.78, 5) is 0.162. The van der Waals surface area contributed by atoms with E-state index in [1.54, 1.807) is 19.2 Å². The Morgan fingerprint density at radius 3 is 2.47 bits per heavy atom. The van der Waals surface area contributed by atoms with Crippen molar-refractivity contribution in [3.8, 4) is 11.5 Å². The van der Waals surface area contributed by atoms with Gasteiger partial charge in [0.1, 0.15) is 16.4 Å². The zero-order valence-corrected chi connectivity index (χ0v) is 11.0. The van der Waals surface area contributed by atoms with Crippen molar-refractivity contribution in [2.24, 2.45) is 0 Å². The Balaban J connectivity index is 3.17. The third kappa shape index (κ3) is 3.34. The predicted octanol–water partition coefficient (Wildman–Crippen LogP) is 0.697. The largest absolute Gasteiger partial charge is 0.497 e. The van der Waals surface area contributed by atoms with Crippen LogP contribution in [-0.4, -0.2) is 42.0 Å². The van der Waals surface area contributed by atoms with Crippen LogP contribution in [0.25, 0.3) is 0 Å². The van der Waals surface area contributed by atoms with Crippen LogP contribution in [0, 0.1) is 0 Å². The smallest absolute Gasteiger partial charge is 0.183 e. The third-order valence-electron chi connectivity index (χ3n) is 2.33. The molecule has 5 nitrogen and oxygen atoms in total. The molecule has 0 fully saturated rings. The fourth-order valence-corrected chi connectivity index (χ4v) is 2.82. The van der Waals surface area contributed by atoms with E-state index in [1.165, 1.54) is 20.3 Å². The van der Waals surface area contributed by atoms with E-state index >= 15 is 0 Å². The molecule has 6 heteroatoms. The van der Waals surface area contributed by atoms with E-state index in [2.05, 4.69) is 5.32 Å². The molecular weight excluding hydrogens is 242 g/mol. The maximum absolute atomic E-state index is 12.1. The summed E-state index contributed by atoms with van der Waals surface area (Å²) >= 11 is 0. The molecular formula is C11H17NO4S. The summed E-state index contributed by atoms with van der Waals surface area (Å²) in [7, 11) is 1.28. The molecule has 0 saturated carbocycles. The Kier molecular flexibility index (Phi) is 4.77. The summed E-state index contributed by atoms with van der Waals surface area (Å²) in [5, 5.41) is 2.81. The normalized spacial score (nSPS) is 11.2. The standard InChI is InChI=1S/C11H17NO4S/c1-12-6-7-17(13,14)11-8-9(15-2)4-5-10(11)16-3/h4-5,8,12H,6-7H2,1-3H3. The predicted molar refractivity (Wildman–Crippen MR) is 65.5 cm³/mol. The van der Waals surface area contributed by atoms with Gasteiger partial charge in [0.2, 0.25) is 0 Å². The fourth-order valence-electron chi connectivity index (χ4n) is 1.37. The molecule has 0 atom stereocenters. The molecule has 0 aliphatic carbocycles. The lowest BCUT2D eigenvalue weighted by molar-refractivity contribution is 0.392. The van der Waals surface area contributed by atoms with Gasteiger partial charge in [-0.15, -0.1) is 0 Å². The van der Waals surface area contributed by atoms with E-state index in [0.717, 1.165) is 0 Å². The molecule has 0 unspecified atom stereocenters. The van der Waals surface area contributed by atoms with Crippen LogP contribution in [0.3, 0.4) is 0 Å². The van der Waals surface area contributed by atoms with Gasteiger partial charge in [0, 0.05) is 12.6 Å². The van der Waals surface area contributed by atoms with Gasteiger partial charge in [-0.2, -0.15) is 0 Å². The average molecular weight is 259 g/mol. The van der Waals surface area contributed by atoms with Crippen LogP contribution in [0.4, 0.5) is 0 Å². The summed E-state index contributed by atoms with van der Waals surface area (Å²) in [6.07, 6.45) is 0. The molecule has 1 N–H and O–H groups in total. The number of rotatable bonds is 6. The van der Waals surface area contributed by atoms with Crippen molar-refractivity contribution in [2.75, 3.05) is 33.6 Å². The van der Waals surface area contributed by atoms with Gasteiger partial charge in [0.25, 0.3) is 0 Å². The van der Waals surface area contributed by atoms with Crippen molar-refractivity contribution < 1.29 is 17.9 Å².